The minimum atomic E-state index is -0.490. The maximum atomic E-state index is 12.6. The molecule has 0 aromatic heterocycles. The minimum Gasteiger partial charge on any atom is -0.289 e. The number of benzene rings is 2. The standard InChI is InChI=1S/C19H14N2O5/c22-19-15(11-13-5-1-3-7-17(13)20(23)24)9-10-16(19)12-14-6-2-4-8-18(14)21(25)26/h1-8,11-12H,9-10H2/b15-11-,16-12+. The van der Waals surface area contributed by atoms with E-state index in [9.17, 15) is 25.0 Å². The van der Waals surface area contributed by atoms with Crippen molar-refractivity contribution in [3.63, 3.8) is 0 Å². The van der Waals surface area contributed by atoms with Crippen molar-refractivity contribution in [1.82, 2.24) is 0 Å². The molecular weight excluding hydrogens is 336 g/mol. The Bertz CT molecular complexity index is 898. The van der Waals surface area contributed by atoms with Crippen LogP contribution in [0.4, 0.5) is 11.4 Å². The molecule has 0 amide bonds. The molecule has 3 rings (SSSR count). The molecule has 7 heteroatoms. The Morgan fingerprint density at radius 2 is 1.12 bits per heavy atom. The van der Waals surface area contributed by atoms with E-state index in [4.69, 9.17) is 0 Å². The number of para-hydroxylation sites is 2. The molecule has 7 nitrogen and oxygen atoms in total. The fraction of sp³-hybridized carbons (Fsp3) is 0.105. The second kappa shape index (κ2) is 7.10. The van der Waals surface area contributed by atoms with Gasteiger partial charge in [-0.2, -0.15) is 0 Å². The summed E-state index contributed by atoms with van der Waals surface area (Å²) in [6.45, 7) is 0. The Hall–Kier alpha value is -3.61. The van der Waals surface area contributed by atoms with Crippen molar-refractivity contribution in [1.29, 1.82) is 0 Å². The topological polar surface area (TPSA) is 103 Å². The number of nitrogens with zero attached hydrogens (tertiary/aromatic N) is 2. The lowest BCUT2D eigenvalue weighted by Crippen LogP contribution is -1.98. The zero-order chi connectivity index (χ0) is 18.7. The molecule has 2 aromatic rings. The van der Waals surface area contributed by atoms with Crippen LogP contribution in [0.2, 0.25) is 0 Å². The molecule has 26 heavy (non-hydrogen) atoms. The molecule has 0 radical (unpaired) electrons. The van der Waals surface area contributed by atoms with Gasteiger partial charge < -0.3 is 0 Å². The molecule has 130 valence electrons. The van der Waals surface area contributed by atoms with E-state index < -0.39 is 9.85 Å². The van der Waals surface area contributed by atoms with Crippen LogP contribution in [0.1, 0.15) is 24.0 Å². The summed E-state index contributed by atoms with van der Waals surface area (Å²) >= 11 is 0. The average Bonchev–Trinajstić information content (AvgIpc) is 2.96. The van der Waals surface area contributed by atoms with Gasteiger partial charge in [-0.15, -0.1) is 0 Å². The number of allylic oxidation sites excluding steroid dienone is 2. The molecular formula is C19H14N2O5. The van der Waals surface area contributed by atoms with Crippen LogP contribution in [0.3, 0.4) is 0 Å². The third-order valence-electron chi connectivity index (χ3n) is 4.17. The predicted molar refractivity (Wildman–Crippen MR) is 96.4 cm³/mol. The molecule has 0 aliphatic heterocycles. The number of Topliss-reactive ketones (excluding diaryl/α,β-unsaturated/α-hetero) is 1. The van der Waals surface area contributed by atoms with E-state index in [2.05, 4.69) is 0 Å². The van der Waals surface area contributed by atoms with Crippen LogP contribution in [-0.4, -0.2) is 15.6 Å². The van der Waals surface area contributed by atoms with Crippen molar-refractivity contribution in [3.05, 3.63) is 91.0 Å². The Morgan fingerprint density at radius 1 is 0.731 bits per heavy atom. The Labute approximate surface area is 148 Å². The first-order chi connectivity index (χ1) is 12.5. The number of carbonyl (C=O) groups is 1. The van der Waals surface area contributed by atoms with Crippen molar-refractivity contribution in [2.75, 3.05) is 0 Å². The zero-order valence-corrected chi connectivity index (χ0v) is 13.6. The van der Waals surface area contributed by atoms with Crippen molar-refractivity contribution >= 4 is 29.3 Å². The van der Waals surface area contributed by atoms with Gasteiger partial charge in [0.1, 0.15) is 0 Å². The average molecular weight is 350 g/mol. The van der Waals surface area contributed by atoms with Crippen molar-refractivity contribution in [2.24, 2.45) is 0 Å². The molecule has 0 spiro atoms. The first kappa shape index (κ1) is 17.2. The van der Waals surface area contributed by atoms with Crippen LogP contribution in [0, 0.1) is 20.2 Å². The monoisotopic (exact) mass is 350 g/mol. The molecule has 0 bridgehead atoms. The third kappa shape index (κ3) is 3.41. The predicted octanol–water partition coefficient (Wildman–Crippen LogP) is 4.33. The van der Waals surface area contributed by atoms with Crippen LogP contribution in [0.5, 0.6) is 0 Å². The van der Waals surface area contributed by atoms with Crippen molar-refractivity contribution in [3.8, 4) is 0 Å². The largest absolute Gasteiger partial charge is 0.289 e. The zero-order valence-electron chi connectivity index (χ0n) is 13.6. The van der Waals surface area contributed by atoms with E-state index in [1.807, 2.05) is 0 Å². The number of hydrogen-bond acceptors (Lipinski definition) is 5. The van der Waals surface area contributed by atoms with Crippen molar-refractivity contribution < 1.29 is 14.6 Å². The number of carbonyl (C=O) groups excluding carboxylic acids is 1. The molecule has 0 N–H and O–H groups in total. The lowest BCUT2D eigenvalue weighted by molar-refractivity contribution is -0.385. The van der Waals surface area contributed by atoms with Crippen molar-refractivity contribution in [2.45, 2.75) is 12.8 Å². The van der Waals surface area contributed by atoms with Crippen LogP contribution >= 0.6 is 0 Å². The molecule has 1 fully saturated rings. The lowest BCUT2D eigenvalue weighted by atomic mass is 10.0. The summed E-state index contributed by atoms with van der Waals surface area (Å²) in [4.78, 5) is 33.8. The summed E-state index contributed by atoms with van der Waals surface area (Å²) in [6.07, 6.45) is 3.94. The Morgan fingerprint density at radius 3 is 1.50 bits per heavy atom. The van der Waals surface area contributed by atoms with Crippen LogP contribution in [-0.2, 0) is 4.79 Å². The minimum absolute atomic E-state index is 0.0658. The summed E-state index contributed by atoms with van der Waals surface area (Å²) in [5.41, 5.74) is 1.53. The van der Waals surface area contributed by atoms with Crippen LogP contribution < -0.4 is 0 Å². The van der Waals surface area contributed by atoms with Gasteiger partial charge in [0, 0.05) is 23.3 Å². The van der Waals surface area contributed by atoms with Crippen LogP contribution in [0.15, 0.2) is 59.7 Å². The van der Waals surface area contributed by atoms with Gasteiger partial charge in [-0.25, -0.2) is 0 Å². The molecule has 0 heterocycles. The first-order valence-electron chi connectivity index (χ1n) is 7.90. The summed E-state index contributed by atoms with van der Waals surface area (Å²) < 4.78 is 0. The summed E-state index contributed by atoms with van der Waals surface area (Å²) in [7, 11) is 0. The van der Waals surface area contributed by atoms with Gasteiger partial charge in [-0.1, -0.05) is 24.3 Å². The van der Waals surface area contributed by atoms with Gasteiger partial charge >= 0.3 is 0 Å². The second-order valence-corrected chi connectivity index (χ2v) is 5.80. The van der Waals surface area contributed by atoms with Crippen LogP contribution in [0.25, 0.3) is 12.2 Å². The van der Waals surface area contributed by atoms with Gasteiger partial charge in [0.2, 0.25) is 0 Å². The summed E-state index contributed by atoms with van der Waals surface area (Å²) in [5.74, 6) is -0.235. The SMILES string of the molecule is O=C1/C(=C\c2ccccc2[N+](=O)[O-])CC/C1=C\c1ccccc1[N+](=O)[O-]. The fourth-order valence-electron chi connectivity index (χ4n) is 2.91. The van der Waals surface area contributed by atoms with Gasteiger partial charge in [-0.3, -0.25) is 25.0 Å². The lowest BCUT2D eigenvalue weighted by Gasteiger charge is -2.00. The Kier molecular flexibility index (Phi) is 4.70. The molecule has 1 aliphatic rings. The number of rotatable bonds is 4. The summed E-state index contributed by atoms with van der Waals surface area (Å²) in [5, 5.41) is 22.2. The van der Waals surface area contributed by atoms with Gasteiger partial charge in [0.15, 0.2) is 5.78 Å². The maximum Gasteiger partial charge on any atom is 0.276 e. The molecule has 0 saturated heterocycles. The highest BCUT2D eigenvalue weighted by Crippen LogP contribution is 2.32. The van der Waals surface area contributed by atoms with E-state index in [1.165, 1.54) is 24.3 Å². The van der Waals surface area contributed by atoms with Gasteiger partial charge in [0.25, 0.3) is 11.4 Å². The van der Waals surface area contributed by atoms with Gasteiger partial charge in [0.05, 0.1) is 21.0 Å². The normalized spacial score (nSPS) is 17.0. The number of ketones is 1. The van der Waals surface area contributed by atoms with E-state index in [0.717, 1.165) is 0 Å². The third-order valence-corrected chi connectivity index (χ3v) is 4.17. The van der Waals surface area contributed by atoms with E-state index in [-0.39, 0.29) is 17.2 Å². The highest BCUT2D eigenvalue weighted by molar-refractivity contribution is 6.15. The fourth-order valence-corrected chi connectivity index (χ4v) is 2.91. The first-order valence-corrected chi connectivity index (χ1v) is 7.90. The number of nitro benzene ring substituents is 2. The molecule has 0 unspecified atom stereocenters. The molecule has 1 aliphatic carbocycles. The highest BCUT2D eigenvalue weighted by atomic mass is 16.6. The second-order valence-electron chi connectivity index (χ2n) is 5.80. The smallest absolute Gasteiger partial charge is 0.276 e. The molecule has 0 atom stereocenters. The Balaban J connectivity index is 1.95. The van der Waals surface area contributed by atoms with Gasteiger partial charge in [-0.05, 0) is 37.1 Å². The van der Waals surface area contributed by atoms with E-state index in [0.29, 0.717) is 35.1 Å². The van der Waals surface area contributed by atoms with E-state index in [1.54, 1.807) is 36.4 Å². The number of nitro groups is 2. The summed E-state index contributed by atoms with van der Waals surface area (Å²) in [6, 6.07) is 12.4. The number of hydrogen-bond donors (Lipinski definition) is 0. The molecule has 2 aromatic carbocycles. The van der Waals surface area contributed by atoms with E-state index >= 15 is 0 Å². The quantitative estimate of drug-likeness (QED) is 0.464. The molecule has 1 saturated carbocycles. The maximum absolute atomic E-state index is 12.6. The highest BCUT2D eigenvalue weighted by Gasteiger charge is 2.25.